The monoisotopic (exact) mass is 446 g/mol. The molecule has 0 unspecified atom stereocenters. The third-order valence-corrected chi connectivity index (χ3v) is 4.86. The molecule has 0 bridgehead atoms. The van der Waals surface area contributed by atoms with Crippen LogP contribution in [0.15, 0.2) is 88.1 Å². The van der Waals surface area contributed by atoms with Crippen molar-refractivity contribution >= 4 is 28.7 Å². The van der Waals surface area contributed by atoms with Crippen LogP contribution < -0.4 is 15.8 Å². The van der Waals surface area contributed by atoms with Gasteiger partial charge in [0, 0.05) is 12.2 Å². The van der Waals surface area contributed by atoms with Crippen molar-refractivity contribution in [2.45, 2.75) is 19.6 Å². The molecule has 1 N–H and O–H groups in total. The maximum absolute atomic E-state index is 12.1. The predicted molar refractivity (Wildman–Crippen MR) is 122 cm³/mol. The molecule has 0 radical (unpaired) electrons. The first-order valence-electron chi connectivity index (χ1n) is 10.4. The van der Waals surface area contributed by atoms with Crippen molar-refractivity contribution in [3.05, 3.63) is 95.0 Å². The van der Waals surface area contributed by atoms with Gasteiger partial charge in [0.1, 0.15) is 12.4 Å². The summed E-state index contributed by atoms with van der Waals surface area (Å²) < 4.78 is 17.2. The molecule has 8 nitrogen and oxygen atoms in total. The lowest BCUT2D eigenvalue weighted by Gasteiger charge is -2.09. The molecule has 0 saturated heterocycles. The fourth-order valence-corrected chi connectivity index (χ4v) is 3.22. The standard InChI is InChI=1S/C25H22N2O6/c28-23(26-19-10-12-20(13-11-19)31-16-18-6-2-1-3-7-18)17-32-24(29)14-15-27-21-8-4-5-9-22(21)33-25(27)30/h1-13H,14-17H2,(H,26,28). The maximum Gasteiger partial charge on any atom is 0.419 e. The van der Waals surface area contributed by atoms with Gasteiger partial charge in [-0.1, -0.05) is 42.5 Å². The number of nitrogens with zero attached hydrogens (tertiary/aromatic N) is 1. The van der Waals surface area contributed by atoms with Gasteiger partial charge in [-0.25, -0.2) is 4.79 Å². The highest BCUT2D eigenvalue weighted by atomic mass is 16.5. The number of hydrogen-bond donors (Lipinski definition) is 1. The molecule has 8 heteroatoms. The Labute approximate surface area is 189 Å². The number of aryl methyl sites for hydroxylation is 1. The van der Waals surface area contributed by atoms with Gasteiger partial charge < -0.3 is 19.2 Å². The molecule has 1 amide bonds. The van der Waals surface area contributed by atoms with Crippen LogP contribution in [0.3, 0.4) is 0 Å². The van der Waals surface area contributed by atoms with E-state index in [0.29, 0.717) is 29.1 Å². The van der Waals surface area contributed by atoms with E-state index in [4.69, 9.17) is 13.9 Å². The number of amides is 1. The number of esters is 1. The van der Waals surface area contributed by atoms with Crippen molar-refractivity contribution in [3.63, 3.8) is 0 Å². The first-order valence-corrected chi connectivity index (χ1v) is 10.4. The molecule has 0 atom stereocenters. The van der Waals surface area contributed by atoms with Crippen LogP contribution in [0.4, 0.5) is 5.69 Å². The number of para-hydroxylation sites is 2. The second-order valence-corrected chi connectivity index (χ2v) is 7.24. The zero-order valence-corrected chi connectivity index (χ0v) is 17.7. The lowest BCUT2D eigenvalue weighted by Crippen LogP contribution is -2.22. The van der Waals surface area contributed by atoms with Crippen LogP contribution in [0.25, 0.3) is 11.1 Å². The van der Waals surface area contributed by atoms with Crippen LogP contribution >= 0.6 is 0 Å². The lowest BCUT2D eigenvalue weighted by molar-refractivity contribution is -0.147. The number of oxazole rings is 1. The second kappa shape index (κ2) is 10.3. The average molecular weight is 446 g/mol. The average Bonchev–Trinajstić information content (AvgIpc) is 3.16. The summed E-state index contributed by atoms with van der Waals surface area (Å²) in [6.07, 6.45) is -0.0653. The number of rotatable bonds is 9. The van der Waals surface area contributed by atoms with Crippen molar-refractivity contribution < 1.29 is 23.5 Å². The fraction of sp³-hybridized carbons (Fsp3) is 0.160. The van der Waals surface area contributed by atoms with Gasteiger partial charge in [-0.05, 0) is 42.0 Å². The van der Waals surface area contributed by atoms with E-state index >= 15 is 0 Å². The Bertz CT molecular complexity index is 1290. The summed E-state index contributed by atoms with van der Waals surface area (Å²) in [5.41, 5.74) is 2.66. The van der Waals surface area contributed by atoms with E-state index in [1.165, 1.54) is 4.57 Å². The highest BCUT2D eigenvalue weighted by molar-refractivity contribution is 5.92. The largest absolute Gasteiger partial charge is 0.489 e. The molecular formula is C25H22N2O6. The molecule has 0 aliphatic carbocycles. The molecule has 1 aromatic heterocycles. The number of hydrogen-bond acceptors (Lipinski definition) is 6. The number of nitrogens with one attached hydrogen (secondary N) is 1. The van der Waals surface area contributed by atoms with Crippen molar-refractivity contribution in [1.29, 1.82) is 0 Å². The molecule has 4 aromatic rings. The summed E-state index contributed by atoms with van der Waals surface area (Å²) in [4.78, 5) is 36.0. The van der Waals surface area contributed by atoms with Crippen molar-refractivity contribution in [3.8, 4) is 5.75 Å². The zero-order valence-electron chi connectivity index (χ0n) is 17.7. The maximum atomic E-state index is 12.1. The van der Waals surface area contributed by atoms with Crippen LogP contribution in [0.2, 0.25) is 0 Å². The van der Waals surface area contributed by atoms with Gasteiger partial charge in [0.05, 0.1) is 11.9 Å². The third-order valence-electron chi connectivity index (χ3n) is 4.86. The van der Waals surface area contributed by atoms with Gasteiger partial charge in [-0.2, -0.15) is 0 Å². The molecule has 0 spiro atoms. The van der Waals surface area contributed by atoms with Gasteiger partial charge in [0.15, 0.2) is 12.2 Å². The van der Waals surface area contributed by atoms with Crippen molar-refractivity contribution in [2.75, 3.05) is 11.9 Å². The van der Waals surface area contributed by atoms with E-state index < -0.39 is 24.2 Å². The number of carbonyl (C=O) groups excluding carboxylic acids is 2. The molecule has 0 saturated carbocycles. The SMILES string of the molecule is O=C(COC(=O)CCn1c(=O)oc2ccccc21)Nc1ccc(OCc2ccccc2)cc1. The van der Waals surface area contributed by atoms with Gasteiger partial charge >= 0.3 is 11.7 Å². The Morgan fingerprint density at radius 3 is 2.42 bits per heavy atom. The number of ether oxygens (including phenoxy) is 2. The van der Waals surface area contributed by atoms with E-state index in [9.17, 15) is 14.4 Å². The van der Waals surface area contributed by atoms with Crippen LogP contribution in [0.1, 0.15) is 12.0 Å². The van der Waals surface area contributed by atoms with Gasteiger partial charge in [-0.3, -0.25) is 14.2 Å². The molecule has 3 aromatic carbocycles. The zero-order chi connectivity index (χ0) is 23.0. The molecule has 33 heavy (non-hydrogen) atoms. The summed E-state index contributed by atoms with van der Waals surface area (Å²) in [6, 6.07) is 23.6. The predicted octanol–water partition coefficient (Wildman–Crippen LogP) is 3.75. The van der Waals surface area contributed by atoms with Crippen LogP contribution in [0.5, 0.6) is 5.75 Å². The van der Waals surface area contributed by atoms with Crippen molar-refractivity contribution in [1.82, 2.24) is 4.57 Å². The first-order chi connectivity index (χ1) is 16.1. The van der Waals surface area contributed by atoms with Crippen LogP contribution in [-0.4, -0.2) is 23.1 Å². The smallest absolute Gasteiger partial charge is 0.419 e. The molecule has 0 aliphatic rings. The quantitative estimate of drug-likeness (QED) is 0.393. The highest BCUT2D eigenvalue weighted by Crippen LogP contribution is 2.17. The highest BCUT2D eigenvalue weighted by Gasteiger charge is 2.12. The second-order valence-electron chi connectivity index (χ2n) is 7.24. The molecule has 4 rings (SSSR count). The number of anilines is 1. The van der Waals surface area contributed by atoms with E-state index in [0.717, 1.165) is 5.56 Å². The Morgan fingerprint density at radius 2 is 1.64 bits per heavy atom. The van der Waals surface area contributed by atoms with Gasteiger partial charge in [-0.15, -0.1) is 0 Å². The number of aromatic nitrogens is 1. The summed E-state index contributed by atoms with van der Waals surface area (Å²) >= 11 is 0. The number of carbonyl (C=O) groups is 2. The van der Waals surface area contributed by atoms with E-state index in [1.54, 1.807) is 48.5 Å². The summed E-state index contributed by atoms with van der Waals surface area (Å²) in [5, 5.41) is 2.66. The molecule has 0 aliphatic heterocycles. The Balaban J connectivity index is 1.20. The lowest BCUT2D eigenvalue weighted by atomic mass is 10.2. The minimum Gasteiger partial charge on any atom is -0.489 e. The topological polar surface area (TPSA) is 99.8 Å². The molecule has 0 fully saturated rings. The minimum absolute atomic E-state index is 0.0653. The van der Waals surface area contributed by atoms with Crippen LogP contribution in [0, 0.1) is 0 Å². The third kappa shape index (κ3) is 5.88. The molecule has 1 heterocycles. The Kier molecular flexibility index (Phi) is 6.84. The molecule has 168 valence electrons. The number of benzene rings is 3. The number of fused-ring (bicyclic) bond motifs is 1. The Hall–Kier alpha value is -4.33. The minimum atomic E-state index is -0.591. The molecular weight excluding hydrogens is 424 g/mol. The van der Waals surface area contributed by atoms with E-state index in [-0.39, 0.29) is 13.0 Å². The summed E-state index contributed by atoms with van der Waals surface area (Å²) in [5.74, 6) is -0.928. The van der Waals surface area contributed by atoms with Gasteiger partial charge in [0.2, 0.25) is 0 Å². The normalized spacial score (nSPS) is 10.7. The summed E-state index contributed by atoms with van der Waals surface area (Å²) in [6.45, 7) is 0.121. The van der Waals surface area contributed by atoms with E-state index in [2.05, 4.69) is 5.32 Å². The Morgan fingerprint density at radius 1 is 0.909 bits per heavy atom. The van der Waals surface area contributed by atoms with Crippen molar-refractivity contribution in [2.24, 2.45) is 0 Å². The van der Waals surface area contributed by atoms with Gasteiger partial charge in [0.25, 0.3) is 5.91 Å². The summed E-state index contributed by atoms with van der Waals surface area (Å²) in [7, 11) is 0. The van der Waals surface area contributed by atoms with Crippen LogP contribution in [-0.2, 0) is 27.5 Å². The first kappa shape index (κ1) is 21.9. The fourth-order valence-electron chi connectivity index (χ4n) is 3.22. The van der Waals surface area contributed by atoms with E-state index in [1.807, 2.05) is 30.3 Å².